The van der Waals surface area contributed by atoms with E-state index in [1.807, 2.05) is 0 Å². The number of carbonyl (C=O) groups is 3. The number of rotatable bonds is 8. The second-order valence-electron chi connectivity index (χ2n) is 8.57. The molecule has 10 heteroatoms. The number of ether oxygens (including phenoxy) is 1. The molecule has 1 aliphatic carbocycles. The predicted octanol–water partition coefficient (Wildman–Crippen LogP) is 1.37. The summed E-state index contributed by atoms with van der Waals surface area (Å²) in [4.78, 5) is 35.2. The largest absolute Gasteiger partial charge is 0.467 e. The average Bonchev–Trinajstić information content (AvgIpc) is 2.81. The van der Waals surface area contributed by atoms with Crippen molar-refractivity contribution in [2.45, 2.75) is 64.4 Å². The van der Waals surface area contributed by atoms with E-state index in [0.717, 1.165) is 7.11 Å². The van der Waals surface area contributed by atoms with E-state index in [1.165, 1.54) is 6.92 Å². The minimum Gasteiger partial charge on any atom is -0.467 e. The number of carbonyl (C=O) groups excluding carboxylic acids is 3. The van der Waals surface area contributed by atoms with Crippen molar-refractivity contribution in [2.24, 2.45) is 0 Å². The molecule has 2 atom stereocenters. The van der Waals surface area contributed by atoms with E-state index in [-0.39, 0.29) is 22.8 Å². The molecule has 0 aromatic heterocycles. The first kappa shape index (κ1) is 24.5. The normalized spacial score (nSPS) is 19.2. The summed E-state index contributed by atoms with van der Waals surface area (Å²) in [7, 11) is -4.84. The van der Waals surface area contributed by atoms with Crippen molar-refractivity contribution in [2.75, 3.05) is 18.6 Å². The lowest BCUT2D eigenvalue weighted by Crippen LogP contribution is -2.45. The number of esters is 1. The van der Waals surface area contributed by atoms with E-state index in [9.17, 15) is 22.8 Å². The lowest BCUT2D eigenvalue weighted by Gasteiger charge is -2.37. The average molecular weight is 434 g/mol. The molecule has 0 heterocycles. The van der Waals surface area contributed by atoms with Gasteiger partial charge in [0.2, 0.25) is 5.91 Å². The first-order valence-electron chi connectivity index (χ1n) is 9.05. The van der Waals surface area contributed by atoms with Gasteiger partial charge in [0.25, 0.3) is 0 Å². The van der Waals surface area contributed by atoms with Crippen molar-refractivity contribution in [1.29, 1.82) is 0 Å². The Labute approximate surface area is 168 Å². The second-order valence-corrected chi connectivity index (χ2v) is 15.4. The number of hydrogen-bond donors (Lipinski definition) is 1. The maximum absolute atomic E-state index is 12.5. The van der Waals surface area contributed by atoms with Crippen LogP contribution in [0.25, 0.3) is 0 Å². The topological polar surface area (TPSA) is 116 Å². The molecule has 0 aromatic carbocycles. The first-order chi connectivity index (χ1) is 12.6. The summed E-state index contributed by atoms with van der Waals surface area (Å²) in [5.74, 6) is -2.83. The fourth-order valence-electron chi connectivity index (χ4n) is 2.56. The van der Waals surface area contributed by atoms with Gasteiger partial charge in [-0.3, -0.25) is 9.59 Å². The number of hydrogen-bond acceptors (Lipinski definition) is 7. The third kappa shape index (κ3) is 6.82. The Bertz CT molecular complexity index is 765. The zero-order chi connectivity index (χ0) is 21.9. The van der Waals surface area contributed by atoms with Crippen LogP contribution in [0.4, 0.5) is 0 Å². The van der Waals surface area contributed by atoms with Crippen LogP contribution in [0.3, 0.4) is 0 Å². The van der Waals surface area contributed by atoms with Crippen LogP contribution in [0, 0.1) is 0 Å². The van der Waals surface area contributed by atoms with E-state index in [2.05, 4.69) is 43.9 Å². The summed E-state index contributed by atoms with van der Waals surface area (Å²) in [6, 6.07) is -1.32. The maximum atomic E-state index is 12.5. The van der Waals surface area contributed by atoms with Crippen LogP contribution in [0.15, 0.2) is 11.6 Å². The third-order valence-corrected chi connectivity index (χ3v) is 11.1. The molecule has 0 fully saturated rings. The summed E-state index contributed by atoms with van der Waals surface area (Å²) in [6.07, 6.45) is 1.25. The molecule has 1 rings (SSSR count). The molecule has 0 radical (unpaired) electrons. The van der Waals surface area contributed by atoms with Crippen LogP contribution in [0.1, 0.15) is 34.1 Å². The third-order valence-electron chi connectivity index (χ3n) is 5.04. The van der Waals surface area contributed by atoms with E-state index in [1.54, 1.807) is 6.08 Å². The van der Waals surface area contributed by atoms with Gasteiger partial charge < -0.3 is 14.5 Å². The molecular formula is C18H31NO7SSi. The molecule has 0 saturated carbocycles. The van der Waals surface area contributed by atoms with Crippen molar-refractivity contribution in [3.05, 3.63) is 11.6 Å². The Morgan fingerprint density at radius 3 is 2.36 bits per heavy atom. The summed E-state index contributed by atoms with van der Waals surface area (Å²) in [5.41, 5.74) is 0.162. The van der Waals surface area contributed by atoms with Gasteiger partial charge in [-0.15, -0.1) is 0 Å². The molecule has 0 aromatic rings. The van der Waals surface area contributed by atoms with E-state index >= 15 is 0 Å². The number of nitrogens with one attached hydrogen (secondary N) is 1. The summed E-state index contributed by atoms with van der Waals surface area (Å²) in [5, 5.41) is 2.23. The molecule has 1 amide bonds. The second kappa shape index (κ2) is 8.87. The van der Waals surface area contributed by atoms with Gasteiger partial charge >= 0.3 is 5.97 Å². The predicted molar refractivity (Wildman–Crippen MR) is 108 cm³/mol. The molecule has 0 aliphatic heterocycles. The van der Waals surface area contributed by atoms with Gasteiger partial charge in [0.05, 0.1) is 24.7 Å². The van der Waals surface area contributed by atoms with Crippen molar-refractivity contribution >= 4 is 35.8 Å². The van der Waals surface area contributed by atoms with Crippen LogP contribution in [-0.2, 0) is 33.4 Å². The van der Waals surface area contributed by atoms with Crippen LogP contribution in [0.2, 0.25) is 18.1 Å². The Morgan fingerprint density at radius 2 is 1.89 bits per heavy atom. The van der Waals surface area contributed by atoms with E-state index in [4.69, 9.17) is 4.43 Å². The van der Waals surface area contributed by atoms with Crippen molar-refractivity contribution < 1.29 is 32.0 Å². The Morgan fingerprint density at radius 1 is 1.32 bits per heavy atom. The standard InChI is InChI=1S/C18H31NO7SSi/c1-12(20)19-15(17(22)25-5)11-27(23,24)10-13-8-14(9-16(13)21)26-28(6,7)18(2,3)4/h8,14-15H,9-11H2,1-7H3,(H,19,20)/t14-,15-/m0/s1. The highest BCUT2D eigenvalue weighted by Crippen LogP contribution is 2.38. The lowest BCUT2D eigenvalue weighted by molar-refractivity contribution is -0.144. The van der Waals surface area contributed by atoms with Gasteiger partial charge in [-0.05, 0) is 24.2 Å². The Balaban J connectivity index is 2.91. The Kier molecular flexibility index (Phi) is 7.77. The smallest absolute Gasteiger partial charge is 0.329 e. The van der Waals surface area contributed by atoms with Crippen LogP contribution < -0.4 is 5.32 Å². The highest BCUT2D eigenvalue weighted by atomic mass is 32.2. The molecule has 1 aliphatic rings. The zero-order valence-electron chi connectivity index (χ0n) is 17.6. The molecule has 160 valence electrons. The maximum Gasteiger partial charge on any atom is 0.329 e. The molecule has 0 spiro atoms. The van der Waals surface area contributed by atoms with E-state index < -0.39 is 53.7 Å². The number of sulfone groups is 1. The van der Waals surface area contributed by atoms with Gasteiger partial charge in [-0.1, -0.05) is 20.8 Å². The summed E-state index contributed by atoms with van der Waals surface area (Å²) >= 11 is 0. The number of ketones is 1. The number of methoxy groups -OCH3 is 1. The Hall–Kier alpha value is -1.52. The van der Waals surface area contributed by atoms with E-state index in [0.29, 0.717) is 0 Å². The minimum absolute atomic E-state index is 0.0369. The molecule has 0 saturated heterocycles. The number of amides is 1. The molecule has 1 N–H and O–H groups in total. The highest BCUT2D eigenvalue weighted by molar-refractivity contribution is 7.91. The van der Waals surface area contributed by atoms with Crippen molar-refractivity contribution in [1.82, 2.24) is 5.32 Å². The fourth-order valence-corrected chi connectivity index (χ4v) is 5.39. The number of Topliss-reactive ketones (excluding diaryl/α,β-unsaturated/α-hetero) is 1. The van der Waals surface area contributed by atoms with Crippen LogP contribution in [-0.4, -0.2) is 65.2 Å². The highest BCUT2D eigenvalue weighted by Gasteiger charge is 2.41. The van der Waals surface area contributed by atoms with Gasteiger partial charge in [-0.25, -0.2) is 13.2 Å². The fraction of sp³-hybridized carbons (Fsp3) is 0.722. The van der Waals surface area contributed by atoms with Gasteiger partial charge in [0.15, 0.2) is 23.9 Å². The molecule has 0 unspecified atom stereocenters. The van der Waals surface area contributed by atoms with Crippen LogP contribution >= 0.6 is 0 Å². The summed E-state index contributed by atoms with van der Waals surface area (Å²) in [6.45, 7) is 11.6. The molecular weight excluding hydrogens is 402 g/mol. The van der Waals surface area contributed by atoms with Gasteiger partial charge in [-0.2, -0.15) is 0 Å². The van der Waals surface area contributed by atoms with Crippen molar-refractivity contribution in [3.63, 3.8) is 0 Å². The zero-order valence-corrected chi connectivity index (χ0v) is 19.4. The SMILES string of the molecule is COC(=O)[C@H](CS(=O)(=O)CC1=C[C@H](O[Si](C)(C)C(C)(C)C)CC1=O)NC(C)=O. The monoisotopic (exact) mass is 433 g/mol. The lowest BCUT2D eigenvalue weighted by atomic mass is 10.2. The van der Waals surface area contributed by atoms with Gasteiger partial charge in [0.1, 0.15) is 6.04 Å². The van der Waals surface area contributed by atoms with Crippen molar-refractivity contribution in [3.8, 4) is 0 Å². The molecule has 0 bridgehead atoms. The molecule has 8 nitrogen and oxygen atoms in total. The minimum atomic E-state index is -3.84. The van der Waals surface area contributed by atoms with Gasteiger partial charge in [0, 0.05) is 18.9 Å². The molecule has 28 heavy (non-hydrogen) atoms. The first-order valence-corrected chi connectivity index (χ1v) is 13.8. The quantitative estimate of drug-likeness (QED) is 0.454. The summed E-state index contributed by atoms with van der Waals surface area (Å²) < 4.78 is 35.7. The van der Waals surface area contributed by atoms with Crippen LogP contribution in [0.5, 0.6) is 0 Å².